The molecule has 0 spiro atoms. The van der Waals surface area contributed by atoms with Crippen LogP contribution in [0.3, 0.4) is 0 Å². The van der Waals surface area contributed by atoms with Gasteiger partial charge in [-0.15, -0.1) is 0 Å². The van der Waals surface area contributed by atoms with E-state index in [1.807, 2.05) is 60.7 Å². The first-order valence-corrected chi connectivity index (χ1v) is 8.42. The third-order valence-electron chi connectivity index (χ3n) is 3.17. The number of thioether (sulfide) groups is 1. The predicted octanol–water partition coefficient (Wildman–Crippen LogP) is -0.621. The van der Waals surface area contributed by atoms with Gasteiger partial charge < -0.3 is 10.2 Å². The second-order valence-electron chi connectivity index (χ2n) is 5.04. The van der Waals surface area contributed by atoms with E-state index in [-0.39, 0.29) is 63.6 Å². The molecule has 6 heteroatoms. The molecule has 0 amide bonds. The van der Waals surface area contributed by atoms with Gasteiger partial charge in [0.1, 0.15) is 0 Å². The van der Waals surface area contributed by atoms with E-state index in [0.29, 0.717) is 5.75 Å². The number of benzene rings is 2. The molecule has 0 saturated carbocycles. The summed E-state index contributed by atoms with van der Waals surface area (Å²) in [7, 11) is 0. The minimum atomic E-state index is -1.06. The molecule has 0 aliphatic heterocycles. The van der Waals surface area contributed by atoms with Gasteiger partial charge in [0.2, 0.25) is 0 Å². The summed E-state index contributed by atoms with van der Waals surface area (Å²) >= 11 is 1.46. The number of hydrogen-bond donors (Lipinski definition) is 1. The largest absolute Gasteiger partial charge is 1.00 e. The fourth-order valence-electron chi connectivity index (χ4n) is 2.02. The van der Waals surface area contributed by atoms with Crippen molar-refractivity contribution in [1.82, 2.24) is 0 Å². The van der Waals surface area contributed by atoms with Crippen molar-refractivity contribution in [3.05, 3.63) is 71.8 Å². The van der Waals surface area contributed by atoms with E-state index in [1.54, 1.807) is 0 Å². The molecule has 0 radical (unpaired) electrons. The van der Waals surface area contributed by atoms with Gasteiger partial charge in [0.25, 0.3) is 0 Å². The van der Waals surface area contributed by atoms with Crippen molar-refractivity contribution in [2.45, 2.75) is 18.2 Å². The Morgan fingerprint density at radius 2 is 1.58 bits per heavy atom. The maximum atomic E-state index is 11.9. The molecule has 0 aromatic heterocycles. The average Bonchev–Trinajstić information content (AvgIpc) is 2.55. The van der Waals surface area contributed by atoms with Crippen LogP contribution in [-0.2, 0) is 17.0 Å². The van der Waals surface area contributed by atoms with Crippen molar-refractivity contribution in [3.63, 3.8) is 0 Å². The number of nitrogens with zero attached hydrogens (tertiary/aromatic N) is 1. The van der Waals surface area contributed by atoms with Crippen LogP contribution in [0.5, 0.6) is 0 Å². The summed E-state index contributed by atoms with van der Waals surface area (Å²) in [5.41, 5.74) is 1.96. The van der Waals surface area contributed by atoms with Gasteiger partial charge in [-0.05, 0) is 17.0 Å². The summed E-state index contributed by atoms with van der Waals surface area (Å²) < 4.78 is 0. The van der Waals surface area contributed by atoms with Gasteiger partial charge in [-0.2, -0.15) is 11.8 Å². The minimum Gasteiger partial charge on any atom is -0.862 e. The van der Waals surface area contributed by atoms with E-state index in [0.717, 1.165) is 11.1 Å². The monoisotopic (exact) mass is 367 g/mol. The van der Waals surface area contributed by atoms with Gasteiger partial charge in [-0.25, -0.2) is 4.79 Å². The summed E-state index contributed by atoms with van der Waals surface area (Å²) in [4.78, 5) is 15.1. The number of aliphatic carboxylic acids is 1. The number of carboxylic acid groups (broad SMARTS) is 1. The molecule has 0 aliphatic rings. The normalized spacial score (nSPS) is 12.2. The van der Waals surface area contributed by atoms with Gasteiger partial charge in [0.15, 0.2) is 6.04 Å². The van der Waals surface area contributed by atoms with E-state index in [4.69, 9.17) is 0 Å². The zero-order valence-electron chi connectivity index (χ0n) is 13.6. The molecule has 0 heterocycles. The molecular formula is C18H18KNO3S. The molecule has 0 saturated heterocycles. The van der Waals surface area contributed by atoms with Gasteiger partial charge in [0, 0.05) is 17.9 Å². The molecule has 2 rings (SSSR count). The molecule has 24 heavy (non-hydrogen) atoms. The second-order valence-corrected chi connectivity index (χ2v) is 6.07. The Bertz CT molecular complexity index is 650. The van der Waals surface area contributed by atoms with Gasteiger partial charge in [-0.3, -0.25) is 4.99 Å². The van der Waals surface area contributed by atoms with Gasteiger partial charge >= 0.3 is 57.4 Å². The van der Waals surface area contributed by atoms with Gasteiger partial charge in [-0.1, -0.05) is 60.7 Å². The minimum absolute atomic E-state index is 0. The quantitative estimate of drug-likeness (QED) is 0.383. The van der Waals surface area contributed by atoms with Crippen LogP contribution in [0.2, 0.25) is 0 Å². The van der Waals surface area contributed by atoms with Crippen LogP contribution in [0.1, 0.15) is 11.1 Å². The summed E-state index contributed by atoms with van der Waals surface area (Å²) in [6.07, 6.45) is 0.133. The topological polar surface area (TPSA) is 72.7 Å². The SMILES string of the molecule is O=C(O)C(CSCc1ccccc1)N=C([O-])Cc1ccccc1.[K+]. The molecule has 0 aliphatic carbocycles. The number of carbonyl (C=O) groups is 1. The van der Waals surface area contributed by atoms with Crippen molar-refractivity contribution in [2.24, 2.45) is 4.99 Å². The molecule has 1 N–H and O–H groups in total. The first-order chi connectivity index (χ1) is 11.1. The standard InChI is InChI=1S/C18H19NO3S.K/c20-17(11-14-7-3-1-4-8-14)19-16(18(21)22)13-23-12-15-9-5-2-6-10-15;/h1-10,16H,11-13H2,(H,19,20)(H,21,22);/q;+1/p-1. The van der Waals surface area contributed by atoms with E-state index in [2.05, 4.69) is 4.99 Å². The Hall–Kier alpha value is -0.634. The first kappa shape index (κ1) is 21.4. The zero-order chi connectivity index (χ0) is 16.5. The number of carboxylic acids is 1. The summed E-state index contributed by atoms with van der Waals surface area (Å²) in [6.45, 7) is 0. The van der Waals surface area contributed by atoms with Crippen LogP contribution >= 0.6 is 11.8 Å². The number of hydrogen-bond acceptors (Lipinski definition) is 4. The van der Waals surface area contributed by atoms with E-state index in [1.165, 1.54) is 11.8 Å². The predicted molar refractivity (Wildman–Crippen MR) is 91.6 cm³/mol. The van der Waals surface area contributed by atoms with E-state index >= 15 is 0 Å². The second kappa shape index (κ2) is 11.8. The van der Waals surface area contributed by atoms with Gasteiger partial charge in [0.05, 0.1) is 0 Å². The molecule has 2 aromatic carbocycles. The van der Waals surface area contributed by atoms with Crippen molar-refractivity contribution in [2.75, 3.05) is 5.75 Å². The van der Waals surface area contributed by atoms with Crippen LogP contribution in [0.4, 0.5) is 0 Å². The molecule has 1 unspecified atom stereocenters. The van der Waals surface area contributed by atoms with Crippen molar-refractivity contribution in [3.8, 4) is 0 Å². The third kappa shape index (κ3) is 7.96. The van der Waals surface area contributed by atoms with Crippen LogP contribution in [0.25, 0.3) is 0 Å². The maximum absolute atomic E-state index is 11.9. The zero-order valence-corrected chi connectivity index (χ0v) is 17.5. The Balaban J connectivity index is 0.00000288. The van der Waals surface area contributed by atoms with Crippen LogP contribution in [0.15, 0.2) is 65.7 Å². The average molecular weight is 368 g/mol. The van der Waals surface area contributed by atoms with Crippen LogP contribution in [-0.4, -0.2) is 28.8 Å². The molecule has 4 nitrogen and oxygen atoms in total. The smallest absolute Gasteiger partial charge is 0.862 e. The first-order valence-electron chi connectivity index (χ1n) is 7.27. The number of aliphatic imine (C=N–C) groups is 1. The van der Waals surface area contributed by atoms with Crippen molar-refractivity contribution in [1.29, 1.82) is 0 Å². The molecule has 0 fully saturated rings. The molecule has 1 atom stereocenters. The van der Waals surface area contributed by atoms with Crippen LogP contribution in [0, 0.1) is 0 Å². The van der Waals surface area contributed by atoms with Crippen molar-refractivity contribution < 1.29 is 66.4 Å². The summed E-state index contributed by atoms with van der Waals surface area (Å²) in [5, 5.41) is 21.1. The van der Waals surface area contributed by atoms with E-state index < -0.39 is 17.9 Å². The molecule has 2 aromatic rings. The Morgan fingerprint density at radius 1 is 1.04 bits per heavy atom. The third-order valence-corrected chi connectivity index (χ3v) is 4.26. The summed E-state index contributed by atoms with van der Waals surface area (Å²) in [5.74, 6) is -0.478. The Kier molecular flexibility index (Phi) is 10.6. The molecule has 120 valence electrons. The fraction of sp³-hybridized carbons (Fsp3) is 0.222. The maximum Gasteiger partial charge on any atom is 1.00 e. The Morgan fingerprint density at radius 3 is 2.12 bits per heavy atom. The molecule has 0 bridgehead atoms. The molecular weight excluding hydrogens is 349 g/mol. The van der Waals surface area contributed by atoms with E-state index in [9.17, 15) is 15.0 Å². The summed E-state index contributed by atoms with van der Waals surface area (Å²) in [6, 6.07) is 18.0. The van der Waals surface area contributed by atoms with Crippen molar-refractivity contribution >= 4 is 23.6 Å². The number of rotatable bonds is 8. The Labute approximate surface area is 188 Å². The fourth-order valence-corrected chi connectivity index (χ4v) is 3.00. The van der Waals surface area contributed by atoms with Crippen LogP contribution < -0.4 is 56.5 Å².